The molecule has 5 heteroatoms. The van der Waals surface area contributed by atoms with Crippen molar-refractivity contribution in [3.63, 3.8) is 0 Å². The zero-order valence-electron chi connectivity index (χ0n) is 14.5. The standard InChI is InChI=1S/C20H25FINO2/c1-14-3-5-15(6-4-14)17-13-16-7-8-18(23(16)11-2-10-22)19(17)20(24)25-12-9-21/h2-6,10,16-19H,7-9,11-13H2,1H3/b10-2+/t16-,17+,18-,19-/m0/s1. The van der Waals surface area contributed by atoms with Crippen molar-refractivity contribution in [3.8, 4) is 0 Å². The molecule has 136 valence electrons. The Kier molecular flexibility index (Phi) is 6.49. The van der Waals surface area contributed by atoms with E-state index in [1.165, 1.54) is 11.1 Å². The molecule has 0 radical (unpaired) electrons. The number of ether oxygens (including phenoxy) is 1. The van der Waals surface area contributed by atoms with Gasteiger partial charge in [-0.1, -0.05) is 58.5 Å². The highest BCUT2D eigenvalue weighted by molar-refractivity contribution is 14.1. The van der Waals surface area contributed by atoms with Gasteiger partial charge in [0.25, 0.3) is 0 Å². The van der Waals surface area contributed by atoms with Gasteiger partial charge in [0.05, 0.1) is 5.92 Å². The van der Waals surface area contributed by atoms with E-state index in [0.717, 1.165) is 25.8 Å². The third-order valence-electron chi connectivity index (χ3n) is 5.57. The van der Waals surface area contributed by atoms with Crippen LogP contribution in [0.4, 0.5) is 4.39 Å². The zero-order chi connectivity index (χ0) is 17.8. The first kappa shape index (κ1) is 18.8. The molecule has 2 saturated heterocycles. The highest BCUT2D eigenvalue weighted by atomic mass is 127. The summed E-state index contributed by atoms with van der Waals surface area (Å²) in [5, 5.41) is 0. The molecular weight excluding hydrogens is 432 g/mol. The predicted molar refractivity (Wildman–Crippen MR) is 106 cm³/mol. The monoisotopic (exact) mass is 457 g/mol. The number of alkyl halides is 1. The van der Waals surface area contributed by atoms with Crippen LogP contribution in [0.15, 0.2) is 34.4 Å². The molecule has 2 aliphatic heterocycles. The molecule has 0 amide bonds. The van der Waals surface area contributed by atoms with Gasteiger partial charge in [0.2, 0.25) is 0 Å². The number of hydrogen-bond acceptors (Lipinski definition) is 3. The van der Waals surface area contributed by atoms with E-state index < -0.39 is 6.67 Å². The quantitative estimate of drug-likeness (QED) is 0.469. The van der Waals surface area contributed by atoms with Crippen LogP contribution >= 0.6 is 22.6 Å². The summed E-state index contributed by atoms with van der Waals surface area (Å²) in [6.07, 6.45) is 5.23. The van der Waals surface area contributed by atoms with E-state index in [9.17, 15) is 9.18 Å². The van der Waals surface area contributed by atoms with E-state index >= 15 is 0 Å². The maximum atomic E-state index is 12.8. The van der Waals surface area contributed by atoms with Gasteiger partial charge in [-0.25, -0.2) is 4.39 Å². The number of halogens is 2. The lowest BCUT2D eigenvalue weighted by Crippen LogP contribution is -2.51. The van der Waals surface area contributed by atoms with Crippen molar-refractivity contribution >= 4 is 28.6 Å². The summed E-state index contributed by atoms with van der Waals surface area (Å²) in [5.74, 6) is -0.294. The second kappa shape index (κ2) is 8.62. The number of rotatable bonds is 6. The van der Waals surface area contributed by atoms with Crippen molar-refractivity contribution in [2.24, 2.45) is 5.92 Å². The fourth-order valence-corrected chi connectivity index (χ4v) is 4.70. The van der Waals surface area contributed by atoms with Crippen LogP contribution in [0.2, 0.25) is 0 Å². The Bertz CT molecular complexity index is 619. The summed E-state index contributed by atoms with van der Waals surface area (Å²) in [5.41, 5.74) is 2.42. The lowest BCUT2D eigenvalue weighted by molar-refractivity contribution is -0.154. The van der Waals surface area contributed by atoms with Crippen molar-refractivity contribution in [2.45, 2.75) is 44.2 Å². The van der Waals surface area contributed by atoms with Crippen LogP contribution in [-0.4, -0.2) is 42.8 Å². The Balaban J connectivity index is 1.88. The first-order valence-electron chi connectivity index (χ1n) is 8.95. The second-order valence-corrected chi connectivity index (χ2v) is 7.71. The van der Waals surface area contributed by atoms with Crippen LogP contribution < -0.4 is 0 Å². The molecule has 1 aromatic rings. The van der Waals surface area contributed by atoms with E-state index in [1.54, 1.807) is 0 Å². The topological polar surface area (TPSA) is 29.5 Å². The maximum Gasteiger partial charge on any atom is 0.311 e. The van der Waals surface area contributed by atoms with Crippen molar-refractivity contribution in [2.75, 3.05) is 19.8 Å². The number of hydrogen-bond donors (Lipinski definition) is 0. The molecule has 2 bridgehead atoms. The van der Waals surface area contributed by atoms with Crippen LogP contribution in [0, 0.1) is 12.8 Å². The van der Waals surface area contributed by atoms with Crippen LogP contribution in [0.25, 0.3) is 0 Å². The van der Waals surface area contributed by atoms with Gasteiger partial charge in [0, 0.05) is 24.5 Å². The largest absolute Gasteiger partial charge is 0.463 e. The van der Waals surface area contributed by atoms with E-state index in [-0.39, 0.29) is 30.5 Å². The number of carbonyl (C=O) groups is 1. The van der Waals surface area contributed by atoms with Crippen molar-refractivity contribution in [1.82, 2.24) is 4.90 Å². The predicted octanol–water partition coefficient (Wildman–Crippen LogP) is 4.39. The minimum Gasteiger partial charge on any atom is -0.463 e. The van der Waals surface area contributed by atoms with Crippen molar-refractivity contribution < 1.29 is 13.9 Å². The van der Waals surface area contributed by atoms with Crippen LogP contribution in [0.3, 0.4) is 0 Å². The van der Waals surface area contributed by atoms with Gasteiger partial charge >= 0.3 is 5.97 Å². The lowest BCUT2D eigenvalue weighted by atomic mass is 9.76. The molecule has 0 N–H and O–H groups in total. The molecule has 4 atom stereocenters. The smallest absolute Gasteiger partial charge is 0.311 e. The van der Waals surface area contributed by atoms with Gasteiger partial charge in [-0.15, -0.1) is 0 Å². The molecule has 0 unspecified atom stereocenters. The molecule has 3 nitrogen and oxygen atoms in total. The van der Waals surface area contributed by atoms with Crippen LogP contribution in [0.1, 0.15) is 36.3 Å². The van der Waals surface area contributed by atoms with Gasteiger partial charge in [-0.2, -0.15) is 0 Å². The molecule has 0 aromatic heterocycles. The van der Waals surface area contributed by atoms with Crippen LogP contribution in [0.5, 0.6) is 0 Å². The number of benzene rings is 1. The SMILES string of the molecule is Cc1ccc([C@H]2C[C@@H]3CC[C@@H]([C@H]2C(=O)OCCF)N3C/C=C/I)cc1. The highest BCUT2D eigenvalue weighted by Gasteiger charge is 2.50. The van der Waals surface area contributed by atoms with Crippen molar-refractivity contribution in [3.05, 3.63) is 45.6 Å². The number of nitrogens with zero attached hydrogens (tertiary/aromatic N) is 1. The van der Waals surface area contributed by atoms with Gasteiger partial charge in [-0.3, -0.25) is 9.69 Å². The Hall–Kier alpha value is -0.950. The van der Waals surface area contributed by atoms with Gasteiger partial charge < -0.3 is 4.74 Å². The first-order chi connectivity index (χ1) is 12.2. The molecule has 25 heavy (non-hydrogen) atoms. The van der Waals surface area contributed by atoms with Gasteiger partial charge in [0.15, 0.2) is 0 Å². The van der Waals surface area contributed by atoms with E-state index in [0.29, 0.717) is 6.04 Å². The Morgan fingerprint density at radius 2 is 2.12 bits per heavy atom. The van der Waals surface area contributed by atoms with E-state index in [2.05, 4.69) is 64.8 Å². The zero-order valence-corrected chi connectivity index (χ0v) is 16.7. The lowest BCUT2D eigenvalue weighted by Gasteiger charge is -2.43. The molecular formula is C20H25FINO2. The molecule has 2 fully saturated rings. The maximum absolute atomic E-state index is 12.8. The number of piperidine rings is 1. The van der Waals surface area contributed by atoms with E-state index in [4.69, 9.17) is 4.74 Å². The molecule has 2 aliphatic rings. The molecule has 0 saturated carbocycles. The minimum atomic E-state index is -0.623. The molecule has 3 rings (SSSR count). The number of esters is 1. The van der Waals surface area contributed by atoms with Gasteiger partial charge in [-0.05, 0) is 35.8 Å². The molecule has 1 aromatic carbocycles. The Labute approximate surface area is 162 Å². The summed E-state index contributed by atoms with van der Waals surface area (Å²) >= 11 is 2.23. The van der Waals surface area contributed by atoms with Gasteiger partial charge in [0.1, 0.15) is 13.3 Å². The highest BCUT2D eigenvalue weighted by Crippen LogP contribution is 2.47. The number of aryl methyl sites for hydroxylation is 1. The minimum absolute atomic E-state index is 0.139. The Morgan fingerprint density at radius 3 is 2.80 bits per heavy atom. The van der Waals surface area contributed by atoms with Crippen LogP contribution in [-0.2, 0) is 9.53 Å². The normalized spacial score (nSPS) is 29.2. The molecule has 0 aliphatic carbocycles. The number of fused-ring (bicyclic) bond motifs is 2. The molecule has 0 spiro atoms. The summed E-state index contributed by atoms with van der Waals surface area (Å²) < 4.78 is 19.8. The van der Waals surface area contributed by atoms with Crippen molar-refractivity contribution in [1.29, 1.82) is 0 Å². The summed E-state index contributed by atoms with van der Waals surface area (Å²) in [6, 6.07) is 9.17. The summed E-state index contributed by atoms with van der Waals surface area (Å²) in [6.45, 7) is 2.17. The average molecular weight is 457 g/mol. The second-order valence-electron chi connectivity index (χ2n) is 6.99. The Morgan fingerprint density at radius 1 is 1.36 bits per heavy atom. The summed E-state index contributed by atoms with van der Waals surface area (Å²) in [4.78, 5) is 15.2. The third-order valence-corrected chi connectivity index (χ3v) is 6.08. The number of carbonyl (C=O) groups excluding carboxylic acids is 1. The summed E-state index contributed by atoms with van der Waals surface area (Å²) in [7, 11) is 0. The molecule has 2 heterocycles. The fourth-order valence-electron chi connectivity index (χ4n) is 4.47. The fraction of sp³-hybridized carbons (Fsp3) is 0.550. The average Bonchev–Trinajstić information content (AvgIpc) is 2.89. The third kappa shape index (κ3) is 4.08. The first-order valence-corrected chi connectivity index (χ1v) is 10.2. The van der Waals surface area contributed by atoms with E-state index in [1.807, 2.05) is 4.08 Å².